The number of carbonyl (C=O) groups is 2. The molecule has 1 N–H and O–H groups in total. The SMILES string of the molecule is Cc1ccc(OCCN(C)C(=O)Cn2cc(NC(=O)OC(C)(C)C)cn2)cc1. The van der Waals surface area contributed by atoms with Crippen molar-refractivity contribution < 1.29 is 19.1 Å². The maximum absolute atomic E-state index is 12.3. The first-order valence-electron chi connectivity index (χ1n) is 9.08. The van der Waals surface area contributed by atoms with Gasteiger partial charge in [-0.25, -0.2) is 4.79 Å². The minimum atomic E-state index is -0.584. The van der Waals surface area contributed by atoms with Gasteiger partial charge in [-0.2, -0.15) is 5.10 Å². The summed E-state index contributed by atoms with van der Waals surface area (Å²) in [6.45, 7) is 8.29. The van der Waals surface area contributed by atoms with Crippen LogP contribution in [0.3, 0.4) is 0 Å². The van der Waals surface area contributed by atoms with Crippen LogP contribution < -0.4 is 10.1 Å². The molecule has 28 heavy (non-hydrogen) atoms. The maximum Gasteiger partial charge on any atom is 0.412 e. The molecule has 0 spiro atoms. The number of hydrogen-bond donors (Lipinski definition) is 1. The molecule has 1 aromatic heterocycles. The number of anilines is 1. The highest BCUT2D eigenvalue weighted by molar-refractivity contribution is 5.84. The van der Waals surface area contributed by atoms with Gasteiger partial charge in [0, 0.05) is 13.2 Å². The van der Waals surface area contributed by atoms with Gasteiger partial charge in [0.15, 0.2) is 0 Å². The Morgan fingerprint density at radius 3 is 2.54 bits per heavy atom. The highest BCUT2D eigenvalue weighted by Gasteiger charge is 2.17. The largest absolute Gasteiger partial charge is 0.492 e. The molecular weight excluding hydrogens is 360 g/mol. The molecule has 8 nitrogen and oxygen atoms in total. The lowest BCUT2D eigenvalue weighted by atomic mass is 10.2. The lowest BCUT2D eigenvalue weighted by Gasteiger charge is -2.19. The van der Waals surface area contributed by atoms with Gasteiger partial charge < -0.3 is 14.4 Å². The van der Waals surface area contributed by atoms with E-state index in [0.717, 1.165) is 5.75 Å². The second kappa shape index (κ2) is 9.25. The first-order valence-corrected chi connectivity index (χ1v) is 9.08. The van der Waals surface area contributed by atoms with Gasteiger partial charge in [-0.05, 0) is 39.8 Å². The van der Waals surface area contributed by atoms with E-state index in [0.29, 0.717) is 18.8 Å². The molecular formula is C20H28N4O4. The molecule has 0 bridgehead atoms. The third kappa shape index (κ3) is 7.30. The lowest BCUT2D eigenvalue weighted by molar-refractivity contribution is -0.131. The number of hydrogen-bond acceptors (Lipinski definition) is 5. The smallest absolute Gasteiger partial charge is 0.412 e. The number of carbonyl (C=O) groups excluding carboxylic acids is 2. The molecule has 0 unspecified atom stereocenters. The van der Waals surface area contributed by atoms with Gasteiger partial charge in [0.2, 0.25) is 5.91 Å². The molecule has 1 heterocycles. The molecule has 0 radical (unpaired) electrons. The van der Waals surface area contributed by atoms with Crippen LogP contribution in [0.2, 0.25) is 0 Å². The summed E-state index contributed by atoms with van der Waals surface area (Å²) in [4.78, 5) is 25.7. The Bertz CT molecular complexity index is 793. The molecule has 2 amide bonds. The van der Waals surface area contributed by atoms with E-state index in [-0.39, 0.29) is 12.5 Å². The monoisotopic (exact) mass is 388 g/mol. The molecule has 152 valence electrons. The fraction of sp³-hybridized carbons (Fsp3) is 0.450. The highest BCUT2D eigenvalue weighted by Crippen LogP contribution is 2.12. The topological polar surface area (TPSA) is 85.7 Å². The third-order valence-corrected chi connectivity index (χ3v) is 3.72. The Morgan fingerprint density at radius 2 is 1.89 bits per heavy atom. The van der Waals surface area contributed by atoms with Crippen molar-refractivity contribution in [1.29, 1.82) is 0 Å². The lowest BCUT2D eigenvalue weighted by Crippen LogP contribution is -2.33. The number of nitrogens with one attached hydrogen (secondary N) is 1. The zero-order valence-corrected chi connectivity index (χ0v) is 17.1. The minimum absolute atomic E-state index is 0.0665. The van der Waals surface area contributed by atoms with Crippen molar-refractivity contribution in [3.05, 3.63) is 42.2 Å². The molecule has 0 aliphatic rings. The summed E-state index contributed by atoms with van der Waals surface area (Å²) < 4.78 is 12.3. The Morgan fingerprint density at radius 1 is 1.21 bits per heavy atom. The maximum atomic E-state index is 12.3. The van der Waals surface area contributed by atoms with Crippen LogP contribution in [0.15, 0.2) is 36.7 Å². The van der Waals surface area contributed by atoms with Gasteiger partial charge in [-0.1, -0.05) is 17.7 Å². The van der Waals surface area contributed by atoms with E-state index in [1.807, 2.05) is 31.2 Å². The van der Waals surface area contributed by atoms with Gasteiger partial charge in [-0.15, -0.1) is 0 Å². The number of amides is 2. The zero-order chi connectivity index (χ0) is 20.7. The first-order chi connectivity index (χ1) is 13.1. The van der Waals surface area contributed by atoms with Crippen molar-refractivity contribution in [1.82, 2.24) is 14.7 Å². The van der Waals surface area contributed by atoms with Crippen molar-refractivity contribution in [2.75, 3.05) is 25.5 Å². The van der Waals surface area contributed by atoms with Gasteiger partial charge in [0.25, 0.3) is 0 Å². The van der Waals surface area contributed by atoms with Crippen LogP contribution >= 0.6 is 0 Å². The number of aromatic nitrogens is 2. The molecule has 0 aliphatic carbocycles. The number of nitrogens with zero attached hydrogens (tertiary/aromatic N) is 3. The van der Waals surface area contributed by atoms with Crippen LogP contribution in [0.25, 0.3) is 0 Å². The summed E-state index contributed by atoms with van der Waals surface area (Å²) in [7, 11) is 1.71. The summed E-state index contributed by atoms with van der Waals surface area (Å²) in [5, 5.41) is 6.68. The molecule has 8 heteroatoms. The second-order valence-corrected chi connectivity index (χ2v) is 7.53. The van der Waals surface area contributed by atoms with E-state index in [2.05, 4.69) is 10.4 Å². The van der Waals surface area contributed by atoms with Crippen LogP contribution in [-0.2, 0) is 16.1 Å². The second-order valence-electron chi connectivity index (χ2n) is 7.53. The molecule has 0 fully saturated rings. The number of rotatable bonds is 7. The van der Waals surface area contributed by atoms with E-state index in [1.165, 1.54) is 16.4 Å². The summed E-state index contributed by atoms with van der Waals surface area (Å²) in [5.74, 6) is 0.663. The molecule has 2 aromatic rings. The standard InChI is InChI=1S/C20H28N4O4/c1-15-6-8-17(9-7-15)27-11-10-23(5)18(25)14-24-13-16(12-21-24)22-19(26)28-20(2,3)4/h6-9,12-13H,10-11,14H2,1-5H3,(H,22,26). The Hall–Kier alpha value is -3.03. The van der Waals surface area contributed by atoms with Crippen LogP contribution in [-0.4, -0.2) is 52.5 Å². The van der Waals surface area contributed by atoms with E-state index >= 15 is 0 Å². The normalized spacial score (nSPS) is 11.0. The predicted molar refractivity (Wildman–Crippen MR) is 106 cm³/mol. The van der Waals surface area contributed by atoms with Gasteiger partial charge >= 0.3 is 6.09 Å². The summed E-state index contributed by atoms with van der Waals surface area (Å²) in [5.41, 5.74) is 1.05. The first kappa shape index (κ1) is 21.3. The zero-order valence-electron chi connectivity index (χ0n) is 17.1. The van der Waals surface area contributed by atoms with Crippen LogP contribution in [0.4, 0.5) is 10.5 Å². The van der Waals surface area contributed by atoms with Crippen molar-refractivity contribution in [3.8, 4) is 5.75 Å². The highest BCUT2D eigenvalue weighted by atomic mass is 16.6. The average molecular weight is 388 g/mol. The van der Waals surface area contributed by atoms with Crippen molar-refractivity contribution in [3.63, 3.8) is 0 Å². The van der Waals surface area contributed by atoms with Crippen molar-refractivity contribution in [2.24, 2.45) is 0 Å². The van der Waals surface area contributed by atoms with E-state index in [9.17, 15) is 9.59 Å². The van der Waals surface area contributed by atoms with Crippen LogP contribution in [0.1, 0.15) is 26.3 Å². The number of aryl methyl sites for hydroxylation is 1. The van der Waals surface area contributed by atoms with E-state index < -0.39 is 11.7 Å². The minimum Gasteiger partial charge on any atom is -0.492 e. The Balaban J connectivity index is 1.76. The Kier molecular flexibility index (Phi) is 7.03. The molecule has 1 aromatic carbocycles. The molecule has 2 rings (SSSR count). The number of benzene rings is 1. The van der Waals surface area contributed by atoms with Crippen LogP contribution in [0.5, 0.6) is 5.75 Å². The van der Waals surface area contributed by atoms with Crippen molar-refractivity contribution >= 4 is 17.7 Å². The van der Waals surface area contributed by atoms with Crippen LogP contribution in [0, 0.1) is 6.92 Å². The molecule has 0 saturated heterocycles. The summed E-state index contributed by atoms with van der Waals surface area (Å²) >= 11 is 0. The van der Waals surface area contributed by atoms with E-state index in [1.54, 1.807) is 38.9 Å². The van der Waals surface area contributed by atoms with Gasteiger partial charge in [0.05, 0.1) is 18.4 Å². The predicted octanol–water partition coefficient (Wildman–Crippen LogP) is 3.08. The molecule has 0 saturated carbocycles. The van der Waals surface area contributed by atoms with Gasteiger partial charge in [0.1, 0.15) is 24.5 Å². The van der Waals surface area contributed by atoms with E-state index in [4.69, 9.17) is 9.47 Å². The quantitative estimate of drug-likeness (QED) is 0.788. The number of ether oxygens (including phenoxy) is 2. The Labute approximate surface area is 165 Å². The fourth-order valence-electron chi connectivity index (χ4n) is 2.25. The molecule has 0 atom stereocenters. The average Bonchev–Trinajstić information content (AvgIpc) is 3.01. The summed E-state index contributed by atoms with van der Waals surface area (Å²) in [6, 6.07) is 7.76. The fourth-order valence-corrected chi connectivity index (χ4v) is 2.25. The summed E-state index contributed by atoms with van der Waals surface area (Å²) in [6.07, 6.45) is 2.49. The number of likely N-dealkylation sites (N-methyl/N-ethyl adjacent to an activating group) is 1. The molecule has 0 aliphatic heterocycles. The van der Waals surface area contributed by atoms with Crippen molar-refractivity contribution in [2.45, 2.75) is 39.8 Å². The van der Waals surface area contributed by atoms with Gasteiger partial charge in [-0.3, -0.25) is 14.8 Å². The third-order valence-electron chi connectivity index (χ3n) is 3.72.